The zero-order valence-electron chi connectivity index (χ0n) is 8.42. The Morgan fingerprint density at radius 3 is 2.43 bits per heavy atom. The van der Waals surface area contributed by atoms with E-state index in [4.69, 9.17) is 0 Å². The average Bonchev–Trinajstić information content (AvgIpc) is 2.77. The van der Waals surface area contributed by atoms with Gasteiger partial charge in [-0.15, -0.1) is 0 Å². The predicted molar refractivity (Wildman–Crippen MR) is 52.7 cm³/mol. The quantitative estimate of drug-likeness (QED) is 0.724. The van der Waals surface area contributed by atoms with Gasteiger partial charge in [-0.05, 0) is 25.7 Å². The van der Waals surface area contributed by atoms with Crippen molar-refractivity contribution in [2.24, 2.45) is 5.92 Å². The van der Waals surface area contributed by atoms with Gasteiger partial charge in [0.15, 0.2) is 5.78 Å². The van der Waals surface area contributed by atoms with Gasteiger partial charge in [0.05, 0.1) is 6.04 Å². The molecule has 0 aromatic carbocycles. The Morgan fingerprint density at radius 2 is 1.86 bits per heavy atom. The highest BCUT2D eigenvalue weighted by Gasteiger charge is 2.29. The number of amides is 1. The first-order chi connectivity index (χ1) is 6.77. The van der Waals surface area contributed by atoms with Crippen LogP contribution in [-0.4, -0.2) is 17.7 Å². The predicted octanol–water partition coefficient (Wildman–Crippen LogP) is 1.41. The van der Waals surface area contributed by atoms with Crippen LogP contribution in [0.2, 0.25) is 0 Å². The summed E-state index contributed by atoms with van der Waals surface area (Å²) in [5, 5.41) is 2.88. The van der Waals surface area contributed by atoms with Crippen LogP contribution in [-0.2, 0) is 9.59 Å². The third-order valence-electron chi connectivity index (χ3n) is 3.35. The van der Waals surface area contributed by atoms with Crippen LogP contribution < -0.4 is 5.32 Å². The lowest BCUT2D eigenvalue weighted by molar-refractivity contribution is -0.129. The molecule has 0 spiro atoms. The van der Waals surface area contributed by atoms with E-state index in [-0.39, 0.29) is 23.7 Å². The molecule has 2 rings (SSSR count). The lowest BCUT2D eigenvalue weighted by atomic mass is 10.1. The molecule has 14 heavy (non-hydrogen) atoms. The maximum absolute atomic E-state index is 11.7. The van der Waals surface area contributed by atoms with E-state index in [2.05, 4.69) is 5.32 Å². The Hall–Kier alpha value is -0.860. The van der Waals surface area contributed by atoms with Gasteiger partial charge in [-0.1, -0.05) is 12.8 Å². The maximum Gasteiger partial charge on any atom is 0.223 e. The zero-order chi connectivity index (χ0) is 9.97. The first-order valence-corrected chi connectivity index (χ1v) is 5.60. The fourth-order valence-corrected chi connectivity index (χ4v) is 2.45. The van der Waals surface area contributed by atoms with Crippen LogP contribution in [0.3, 0.4) is 0 Å². The van der Waals surface area contributed by atoms with E-state index in [1.165, 1.54) is 0 Å². The highest BCUT2D eigenvalue weighted by molar-refractivity contribution is 5.91. The molecule has 0 aliphatic heterocycles. The Bertz CT molecular complexity index is 244. The summed E-state index contributed by atoms with van der Waals surface area (Å²) >= 11 is 0. The van der Waals surface area contributed by atoms with Crippen LogP contribution in [0.4, 0.5) is 0 Å². The number of rotatable bonds is 2. The minimum Gasteiger partial charge on any atom is -0.346 e. The van der Waals surface area contributed by atoms with E-state index in [0.29, 0.717) is 6.42 Å². The Kier molecular flexibility index (Phi) is 2.85. The Labute approximate surface area is 84.2 Å². The lowest BCUT2D eigenvalue weighted by Crippen LogP contribution is -2.40. The summed E-state index contributed by atoms with van der Waals surface area (Å²) in [6, 6.07) is -0.164. The normalized spacial score (nSPS) is 28.3. The highest BCUT2D eigenvalue weighted by atomic mass is 16.2. The minimum absolute atomic E-state index is 0.114. The molecule has 2 fully saturated rings. The van der Waals surface area contributed by atoms with E-state index in [0.717, 1.165) is 38.5 Å². The minimum atomic E-state index is -0.164. The molecule has 78 valence electrons. The summed E-state index contributed by atoms with van der Waals surface area (Å²) in [5.41, 5.74) is 0. The molecule has 0 unspecified atom stereocenters. The van der Waals surface area contributed by atoms with Crippen molar-refractivity contribution in [2.75, 3.05) is 0 Å². The number of ketones is 1. The average molecular weight is 195 g/mol. The number of nitrogens with one attached hydrogen (secondary N) is 1. The van der Waals surface area contributed by atoms with Crippen LogP contribution in [0, 0.1) is 5.92 Å². The summed E-state index contributed by atoms with van der Waals surface area (Å²) in [7, 11) is 0. The molecule has 3 heteroatoms. The molecule has 2 saturated carbocycles. The standard InChI is InChI=1S/C11H17NO2/c13-10-7-3-6-9(10)12-11(14)8-4-1-2-5-8/h8-9H,1-7H2,(H,12,14)/t9-/m1/s1. The van der Waals surface area contributed by atoms with E-state index in [1.807, 2.05) is 0 Å². The van der Waals surface area contributed by atoms with Crippen molar-refractivity contribution >= 4 is 11.7 Å². The van der Waals surface area contributed by atoms with Crippen LogP contribution >= 0.6 is 0 Å². The van der Waals surface area contributed by atoms with Crippen molar-refractivity contribution in [1.29, 1.82) is 0 Å². The molecule has 1 atom stereocenters. The van der Waals surface area contributed by atoms with Gasteiger partial charge in [0.25, 0.3) is 0 Å². The fourth-order valence-electron chi connectivity index (χ4n) is 2.45. The Balaban J connectivity index is 1.84. The Morgan fingerprint density at radius 1 is 1.14 bits per heavy atom. The van der Waals surface area contributed by atoms with E-state index >= 15 is 0 Å². The number of hydrogen-bond acceptors (Lipinski definition) is 2. The van der Waals surface area contributed by atoms with Crippen LogP contribution in [0.1, 0.15) is 44.9 Å². The number of hydrogen-bond donors (Lipinski definition) is 1. The van der Waals surface area contributed by atoms with Crippen molar-refractivity contribution in [3.63, 3.8) is 0 Å². The molecule has 0 aromatic rings. The van der Waals surface area contributed by atoms with Crippen LogP contribution in [0.25, 0.3) is 0 Å². The summed E-state index contributed by atoms with van der Waals surface area (Å²) in [6.45, 7) is 0. The van der Waals surface area contributed by atoms with Gasteiger partial charge in [0, 0.05) is 12.3 Å². The van der Waals surface area contributed by atoms with Gasteiger partial charge in [-0.2, -0.15) is 0 Å². The van der Waals surface area contributed by atoms with Gasteiger partial charge >= 0.3 is 0 Å². The molecule has 1 N–H and O–H groups in total. The summed E-state index contributed by atoms with van der Waals surface area (Å²) < 4.78 is 0. The molecule has 0 heterocycles. The second kappa shape index (κ2) is 4.11. The van der Waals surface area contributed by atoms with E-state index in [1.54, 1.807) is 0 Å². The molecule has 3 nitrogen and oxygen atoms in total. The fraction of sp³-hybridized carbons (Fsp3) is 0.818. The SMILES string of the molecule is O=C(N[C@@H]1CCCC1=O)C1CCCC1. The lowest BCUT2D eigenvalue weighted by Gasteiger charge is -2.14. The third kappa shape index (κ3) is 1.97. The highest BCUT2D eigenvalue weighted by Crippen LogP contribution is 2.25. The monoisotopic (exact) mass is 195 g/mol. The molecule has 2 aliphatic carbocycles. The smallest absolute Gasteiger partial charge is 0.223 e. The first-order valence-electron chi connectivity index (χ1n) is 5.60. The summed E-state index contributed by atoms with van der Waals surface area (Å²) in [6.07, 6.45) is 6.77. The van der Waals surface area contributed by atoms with Crippen molar-refractivity contribution in [3.8, 4) is 0 Å². The van der Waals surface area contributed by atoms with Crippen LogP contribution in [0.15, 0.2) is 0 Å². The number of carbonyl (C=O) groups excluding carboxylic acids is 2. The molecule has 0 bridgehead atoms. The molecule has 0 saturated heterocycles. The largest absolute Gasteiger partial charge is 0.346 e. The van der Waals surface area contributed by atoms with Crippen molar-refractivity contribution in [2.45, 2.75) is 51.0 Å². The van der Waals surface area contributed by atoms with Crippen molar-refractivity contribution in [1.82, 2.24) is 5.32 Å². The summed E-state index contributed by atoms with van der Waals surface area (Å²) in [5.74, 6) is 0.516. The van der Waals surface area contributed by atoms with Crippen LogP contribution in [0.5, 0.6) is 0 Å². The second-order valence-corrected chi connectivity index (χ2v) is 4.40. The van der Waals surface area contributed by atoms with Gasteiger partial charge in [-0.25, -0.2) is 0 Å². The molecule has 0 radical (unpaired) electrons. The molecule has 0 aromatic heterocycles. The number of carbonyl (C=O) groups is 2. The van der Waals surface area contributed by atoms with Crippen molar-refractivity contribution in [3.05, 3.63) is 0 Å². The molecule has 1 amide bonds. The first kappa shape index (κ1) is 9.69. The van der Waals surface area contributed by atoms with Crippen molar-refractivity contribution < 1.29 is 9.59 Å². The molecular formula is C11H17NO2. The van der Waals surface area contributed by atoms with E-state index < -0.39 is 0 Å². The summed E-state index contributed by atoms with van der Waals surface area (Å²) in [4.78, 5) is 23.0. The number of Topliss-reactive ketones (excluding diaryl/α,β-unsaturated/α-hetero) is 1. The third-order valence-corrected chi connectivity index (χ3v) is 3.35. The van der Waals surface area contributed by atoms with Gasteiger partial charge in [0.2, 0.25) is 5.91 Å². The van der Waals surface area contributed by atoms with Gasteiger partial charge in [0.1, 0.15) is 0 Å². The molecule has 2 aliphatic rings. The molecular weight excluding hydrogens is 178 g/mol. The topological polar surface area (TPSA) is 46.2 Å². The zero-order valence-corrected chi connectivity index (χ0v) is 8.42. The maximum atomic E-state index is 11.7. The van der Waals surface area contributed by atoms with Gasteiger partial charge < -0.3 is 5.32 Å². The van der Waals surface area contributed by atoms with Gasteiger partial charge in [-0.3, -0.25) is 9.59 Å². The van der Waals surface area contributed by atoms with E-state index in [9.17, 15) is 9.59 Å². The second-order valence-electron chi connectivity index (χ2n) is 4.40.